The Morgan fingerprint density at radius 3 is 2.42 bits per heavy atom. The van der Waals surface area contributed by atoms with Gasteiger partial charge in [-0.25, -0.2) is 13.6 Å². The average Bonchev–Trinajstić information content (AvgIpc) is 2.93. The number of carbonyl (C=O) groups excluding carboxylic acids is 1. The van der Waals surface area contributed by atoms with Gasteiger partial charge in [-0.2, -0.15) is 0 Å². The second-order valence-corrected chi connectivity index (χ2v) is 6.99. The maximum absolute atomic E-state index is 13.2. The fourth-order valence-electron chi connectivity index (χ4n) is 2.23. The number of esters is 1. The number of rotatable bonds is 3. The van der Waals surface area contributed by atoms with Crippen molar-refractivity contribution in [3.8, 4) is 0 Å². The first-order valence-corrected chi connectivity index (χ1v) is 8.82. The molecule has 2 aromatic carbocycles. The Morgan fingerprint density at radius 2 is 1.77 bits per heavy atom. The summed E-state index contributed by atoms with van der Waals surface area (Å²) < 4.78 is 31.7. The van der Waals surface area contributed by atoms with Crippen molar-refractivity contribution in [1.82, 2.24) is 0 Å². The molecular formula is C17H11ClF2N2O2S2. The van der Waals surface area contributed by atoms with Crippen molar-refractivity contribution in [3.63, 3.8) is 0 Å². The Kier molecular flexibility index (Phi) is 5.36. The second-order valence-electron chi connectivity index (χ2n) is 5.16. The topological polar surface area (TPSA) is 50.4 Å². The Hall–Kier alpha value is -2.29. The number of carbonyl (C=O) groups is 1. The maximum atomic E-state index is 13.2. The molecular weight excluding hydrogens is 402 g/mol. The zero-order chi connectivity index (χ0) is 18.8. The number of halogens is 3. The summed E-state index contributed by atoms with van der Waals surface area (Å²) in [5.74, 6) is -2.40. The molecule has 134 valence electrons. The van der Waals surface area contributed by atoms with E-state index in [-0.39, 0.29) is 5.11 Å². The lowest BCUT2D eigenvalue weighted by Crippen LogP contribution is -2.19. The number of thiophene rings is 1. The van der Waals surface area contributed by atoms with Gasteiger partial charge in [0.2, 0.25) is 0 Å². The summed E-state index contributed by atoms with van der Waals surface area (Å²) in [6, 6.07) is 8.65. The molecule has 0 aliphatic carbocycles. The number of hydrogen-bond acceptors (Lipinski definition) is 4. The predicted molar refractivity (Wildman–Crippen MR) is 104 cm³/mol. The summed E-state index contributed by atoms with van der Waals surface area (Å²) in [4.78, 5) is 12.0. The van der Waals surface area contributed by atoms with Crippen molar-refractivity contribution in [2.24, 2.45) is 0 Å². The van der Waals surface area contributed by atoms with Crippen molar-refractivity contribution in [2.75, 3.05) is 17.7 Å². The van der Waals surface area contributed by atoms with Gasteiger partial charge in [0.25, 0.3) is 0 Å². The highest BCUT2D eigenvalue weighted by molar-refractivity contribution is 7.80. The fraction of sp³-hybridized carbons (Fsp3) is 0.0588. The Bertz CT molecular complexity index is 1020. The first-order chi connectivity index (χ1) is 12.4. The van der Waals surface area contributed by atoms with Gasteiger partial charge in [0, 0.05) is 27.5 Å². The largest absolute Gasteiger partial charge is 0.465 e. The highest BCUT2D eigenvalue weighted by atomic mass is 35.5. The maximum Gasteiger partial charge on any atom is 0.349 e. The highest BCUT2D eigenvalue weighted by Gasteiger charge is 2.17. The lowest BCUT2D eigenvalue weighted by Gasteiger charge is -2.11. The molecule has 0 aliphatic heterocycles. The van der Waals surface area contributed by atoms with E-state index in [0.29, 0.717) is 21.3 Å². The third-order valence-electron chi connectivity index (χ3n) is 3.44. The van der Waals surface area contributed by atoms with Gasteiger partial charge in [0.05, 0.1) is 12.1 Å². The third kappa shape index (κ3) is 3.77. The summed E-state index contributed by atoms with van der Waals surface area (Å²) in [6.45, 7) is 0. The van der Waals surface area contributed by atoms with E-state index in [4.69, 9.17) is 28.6 Å². The quantitative estimate of drug-likeness (QED) is 0.444. The molecule has 0 fully saturated rings. The molecule has 9 heteroatoms. The minimum Gasteiger partial charge on any atom is -0.465 e. The molecule has 0 aliphatic rings. The van der Waals surface area contributed by atoms with Crippen molar-refractivity contribution in [1.29, 1.82) is 0 Å². The molecule has 3 aromatic rings. The second kappa shape index (κ2) is 7.53. The van der Waals surface area contributed by atoms with E-state index in [0.717, 1.165) is 22.2 Å². The third-order valence-corrected chi connectivity index (χ3v) is 5.28. The van der Waals surface area contributed by atoms with Crippen LogP contribution in [0, 0.1) is 11.6 Å². The van der Waals surface area contributed by atoms with E-state index in [2.05, 4.69) is 10.6 Å². The predicted octanol–water partition coefficient (Wildman–Crippen LogP) is 5.43. The van der Waals surface area contributed by atoms with Gasteiger partial charge in [-0.15, -0.1) is 11.3 Å². The standard InChI is InChI=1S/C17H11ClF2N2O2S2/c1-24-16(23)15-14(18)10-4-2-9(7-13(10)26-15)22-17(25)21-8-3-5-11(19)12(20)6-8/h2-7H,1H3,(H2,21,22,25). The molecule has 0 spiro atoms. The van der Waals surface area contributed by atoms with E-state index >= 15 is 0 Å². The van der Waals surface area contributed by atoms with E-state index in [1.807, 2.05) is 0 Å². The van der Waals surface area contributed by atoms with Crippen LogP contribution in [0.3, 0.4) is 0 Å². The molecule has 4 nitrogen and oxygen atoms in total. The van der Waals surface area contributed by atoms with Crippen LogP contribution in [0.1, 0.15) is 9.67 Å². The van der Waals surface area contributed by atoms with Gasteiger partial charge < -0.3 is 15.4 Å². The lowest BCUT2D eigenvalue weighted by molar-refractivity contribution is 0.0606. The van der Waals surface area contributed by atoms with Crippen LogP contribution in [0.5, 0.6) is 0 Å². The summed E-state index contributed by atoms with van der Waals surface area (Å²) in [7, 11) is 1.29. The Labute approximate surface area is 161 Å². The number of hydrogen-bond donors (Lipinski definition) is 2. The van der Waals surface area contributed by atoms with Crippen LogP contribution in [0.4, 0.5) is 20.2 Å². The smallest absolute Gasteiger partial charge is 0.349 e. The van der Waals surface area contributed by atoms with Crippen LogP contribution >= 0.6 is 35.2 Å². The fourth-order valence-corrected chi connectivity index (χ4v) is 3.94. The first-order valence-electron chi connectivity index (χ1n) is 7.22. The summed E-state index contributed by atoms with van der Waals surface area (Å²) >= 11 is 12.6. The number of anilines is 2. The molecule has 2 N–H and O–H groups in total. The number of thiocarbonyl (C=S) groups is 1. The van der Waals surface area contributed by atoms with Gasteiger partial charge in [0.15, 0.2) is 16.7 Å². The van der Waals surface area contributed by atoms with Gasteiger partial charge in [0.1, 0.15) is 4.88 Å². The highest BCUT2D eigenvalue weighted by Crippen LogP contribution is 2.37. The van der Waals surface area contributed by atoms with E-state index in [1.165, 1.54) is 24.5 Å². The first kappa shape index (κ1) is 18.5. The minimum atomic E-state index is -0.970. The molecule has 1 heterocycles. The molecule has 0 saturated carbocycles. The van der Waals surface area contributed by atoms with E-state index in [1.54, 1.807) is 18.2 Å². The van der Waals surface area contributed by atoms with Crippen molar-refractivity contribution in [2.45, 2.75) is 0 Å². The van der Waals surface area contributed by atoms with Crippen LogP contribution in [0.25, 0.3) is 10.1 Å². The SMILES string of the molecule is COC(=O)c1sc2cc(NC(=S)Nc3ccc(F)c(F)c3)ccc2c1Cl. The zero-order valence-electron chi connectivity index (χ0n) is 13.2. The van der Waals surface area contributed by atoms with Gasteiger partial charge in [-0.1, -0.05) is 11.6 Å². The number of ether oxygens (including phenoxy) is 1. The summed E-state index contributed by atoms with van der Waals surface area (Å²) in [5.41, 5.74) is 0.960. The van der Waals surface area contributed by atoms with Gasteiger partial charge in [-0.3, -0.25) is 0 Å². The Morgan fingerprint density at radius 1 is 1.12 bits per heavy atom. The number of nitrogens with one attached hydrogen (secondary N) is 2. The normalized spacial score (nSPS) is 10.6. The summed E-state index contributed by atoms with van der Waals surface area (Å²) in [6.07, 6.45) is 0. The van der Waals surface area contributed by atoms with Crippen molar-refractivity contribution >= 4 is 67.7 Å². The molecule has 0 unspecified atom stereocenters. The monoisotopic (exact) mass is 412 g/mol. The molecule has 0 radical (unpaired) electrons. The molecule has 0 bridgehead atoms. The van der Waals surface area contributed by atoms with Crippen LogP contribution in [0.2, 0.25) is 5.02 Å². The van der Waals surface area contributed by atoms with Crippen LogP contribution < -0.4 is 10.6 Å². The van der Waals surface area contributed by atoms with Gasteiger partial charge >= 0.3 is 5.97 Å². The lowest BCUT2D eigenvalue weighted by atomic mass is 10.2. The van der Waals surface area contributed by atoms with Crippen molar-refractivity contribution in [3.05, 3.63) is 57.9 Å². The number of fused-ring (bicyclic) bond motifs is 1. The van der Waals surface area contributed by atoms with E-state index in [9.17, 15) is 13.6 Å². The number of benzene rings is 2. The molecule has 3 rings (SSSR count). The number of methoxy groups -OCH3 is 1. The van der Waals surface area contributed by atoms with Crippen molar-refractivity contribution < 1.29 is 18.3 Å². The zero-order valence-corrected chi connectivity index (χ0v) is 15.6. The Balaban J connectivity index is 1.78. The summed E-state index contributed by atoms with van der Waals surface area (Å²) in [5, 5.41) is 6.97. The molecule has 0 saturated heterocycles. The molecule has 26 heavy (non-hydrogen) atoms. The molecule has 1 aromatic heterocycles. The van der Waals surface area contributed by atoms with Crippen LogP contribution in [-0.4, -0.2) is 18.2 Å². The molecule has 0 atom stereocenters. The van der Waals surface area contributed by atoms with Crippen LogP contribution in [0.15, 0.2) is 36.4 Å². The average molecular weight is 413 g/mol. The minimum absolute atomic E-state index is 0.200. The van der Waals surface area contributed by atoms with E-state index < -0.39 is 17.6 Å². The van der Waals surface area contributed by atoms with Crippen LogP contribution in [-0.2, 0) is 4.74 Å². The molecule has 0 amide bonds. The van der Waals surface area contributed by atoms with Gasteiger partial charge in [-0.05, 0) is 42.5 Å².